The zero-order valence-electron chi connectivity index (χ0n) is 11.8. The van der Waals surface area contributed by atoms with Gasteiger partial charge in [0.25, 0.3) is 0 Å². The number of amides is 1. The van der Waals surface area contributed by atoms with Gasteiger partial charge in [0, 0.05) is 11.6 Å². The van der Waals surface area contributed by atoms with E-state index in [0.29, 0.717) is 5.56 Å². The first-order chi connectivity index (χ1) is 9.61. The topological polar surface area (TPSA) is 55.4 Å². The van der Waals surface area contributed by atoms with Crippen LogP contribution in [0, 0.1) is 12.8 Å². The number of benzene rings is 1. The zero-order chi connectivity index (χ0) is 14.5. The van der Waals surface area contributed by atoms with E-state index in [-0.39, 0.29) is 17.8 Å². The summed E-state index contributed by atoms with van der Waals surface area (Å²) in [5.41, 5.74) is 2.09. The van der Waals surface area contributed by atoms with E-state index in [1.54, 1.807) is 18.2 Å². The van der Waals surface area contributed by atoms with Crippen LogP contribution in [0.5, 0.6) is 0 Å². The number of ether oxygens (including phenoxy) is 1. The molecule has 0 spiro atoms. The molecule has 0 aliphatic heterocycles. The van der Waals surface area contributed by atoms with Crippen molar-refractivity contribution in [3.8, 4) is 0 Å². The van der Waals surface area contributed by atoms with Crippen LogP contribution < -0.4 is 5.32 Å². The van der Waals surface area contributed by atoms with Crippen molar-refractivity contribution in [1.82, 2.24) is 0 Å². The summed E-state index contributed by atoms with van der Waals surface area (Å²) < 4.78 is 4.67. The van der Waals surface area contributed by atoms with Crippen LogP contribution >= 0.6 is 0 Å². The second kappa shape index (κ2) is 6.37. The number of carbonyl (C=O) groups is 2. The zero-order valence-corrected chi connectivity index (χ0v) is 11.8. The first kappa shape index (κ1) is 14.3. The lowest BCUT2D eigenvalue weighted by atomic mass is 9.93. The maximum absolute atomic E-state index is 12.2. The van der Waals surface area contributed by atoms with Crippen molar-refractivity contribution in [2.45, 2.75) is 26.2 Å². The Labute approximate surface area is 118 Å². The van der Waals surface area contributed by atoms with E-state index >= 15 is 0 Å². The highest BCUT2D eigenvalue weighted by atomic mass is 16.5. The van der Waals surface area contributed by atoms with Crippen molar-refractivity contribution in [3.05, 3.63) is 41.5 Å². The van der Waals surface area contributed by atoms with E-state index in [1.807, 2.05) is 6.92 Å². The summed E-state index contributed by atoms with van der Waals surface area (Å²) in [6.07, 6.45) is 6.81. The molecule has 0 aromatic heterocycles. The van der Waals surface area contributed by atoms with Gasteiger partial charge in [-0.05, 0) is 49.9 Å². The molecule has 4 heteroatoms. The Morgan fingerprint density at radius 2 is 2.10 bits per heavy atom. The first-order valence-corrected chi connectivity index (χ1v) is 6.76. The monoisotopic (exact) mass is 273 g/mol. The van der Waals surface area contributed by atoms with Gasteiger partial charge in [-0.2, -0.15) is 0 Å². The van der Waals surface area contributed by atoms with Crippen molar-refractivity contribution in [2.75, 3.05) is 12.4 Å². The average Bonchev–Trinajstić information content (AvgIpc) is 2.49. The molecule has 1 aromatic rings. The Morgan fingerprint density at radius 3 is 2.70 bits per heavy atom. The molecule has 1 amide bonds. The Morgan fingerprint density at radius 1 is 1.30 bits per heavy atom. The Bertz CT molecular complexity index is 549. The first-order valence-electron chi connectivity index (χ1n) is 6.76. The number of rotatable bonds is 3. The summed E-state index contributed by atoms with van der Waals surface area (Å²) >= 11 is 0. The minimum Gasteiger partial charge on any atom is -0.465 e. The molecule has 0 bridgehead atoms. The molecule has 1 aliphatic rings. The second-order valence-electron chi connectivity index (χ2n) is 4.99. The van der Waals surface area contributed by atoms with Gasteiger partial charge in [0.05, 0.1) is 12.7 Å². The largest absolute Gasteiger partial charge is 0.465 e. The van der Waals surface area contributed by atoms with Crippen molar-refractivity contribution in [2.24, 2.45) is 5.92 Å². The molecule has 1 atom stereocenters. The summed E-state index contributed by atoms with van der Waals surface area (Å²) in [5.74, 6) is -0.286. The highest BCUT2D eigenvalue weighted by Crippen LogP contribution is 2.22. The van der Waals surface area contributed by atoms with Crippen LogP contribution in [0.3, 0.4) is 0 Å². The van der Waals surface area contributed by atoms with Crippen LogP contribution in [0.15, 0.2) is 30.4 Å². The van der Waals surface area contributed by atoms with Crippen LogP contribution in [0.4, 0.5) is 5.69 Å². The van der Waals surface area contributed by atoms with E-state index in [0.717, 1.165) is 30.5 Å². The number of carbonyl (C=O) groups excluding carboxylic acids is 2. The van der Waals surface area contributed by atoms with Gasteiger partial charge in [0.2, 0.25) is 5.91 Å². The highest BCUT2D eigenvalue weighted by Gasteiger charge is 2.19. The normalized spacial score (nSPS) is 17.6. The Hall–Kier alpha value is -2.10. The van der Waals surface area contributed by atoms with Gasteiger partial charge in [-0.1, -0.05) is 12.2 Å². The molecule has 1 N–H and O–H groups in total. The maximum Gasteiger partial charge on any atom is 0.337 e. The third kappa shape index (κ3) is 3.26. The molecule has 0 fully saturated rings. The molecule has 0 radical (unpaired) electrons. The summed E-state index contributed by atoms with van der Waals surface area (Å²) in [6.45, 7) is 1.86. The third-order valence-electron chi connectivity index (χ3n) is 3.55. The molecule has 0 saturated carbocycles. The summed E-state index contributed by atoms with van der Waals surface area (Å²) in [5, 5.41) is 2.94. The van der Waals surface area contributed by atoms with E-state index in [4.69, 9.17) is 0 Å². The summed E-state index contributed by atoms with van der Waals surface area (Å²) in [4.78, 5) is 23.6. The number of anilines is 1. The molecule has 2 rings (SSSR count). The van der Waals surface area contributed by atoms with Crippen LogP contribution in [0.1, 0.15) is 35.2 Å². The van der Waals surface area contributed by atoms with Crippen LogP contribution in [-0.4, -0.2) is 19.0 Å². The molecular formula is C16H19NO3. The molecule has 1 aromatic carbocycles. The quantitative estimate of drug-likeness (QED) is 0.680. The fourth-order valence-electron chi connectivity index (χ4n) is 2.32. The third-order valence-corrected chi connectivity index (χ3v) is 3.55. The van der Waals surface area contributed by atoms with Gasteiger partial charge in [-0.3, -0.25) is 4.79 Å². The molecule has 0 unspecified atom stereocenters. The SMILES string of the molecule is COC(=O)c1ccc(NC(=O)[C@H]2CC=CCC2)c(C)c1. The molecule has 1 aliphatic carbocycles. The van der Waals surface area contributed by atoms with Crippen molar-refractivity contribution in [3.63, 3.8) is 0 Å². The number of hydrogen-bond donors (Lipinski definition) is 1. The van der Waals surface area contributed by atoms with Crippen LogP contribution in [-0.2, 0) is 9.53 Å². The van der Waals surface area contributed by atoms with Gasteiger partial charge in [0.15, 0.2) is 0 Å². The van der Waals surface area contributed by atoms with Crippen molar-refractivity contribution >= 4 is 17.6 Å². The van der Waals surface area contributed by atoms with E-state index in [1.165, 1.54) is 7.11 Å². The van der Waals surface area contributed by atoms with Gasteiger partial charge in [-0.15, -0.1) is 0 Å². The molecule has 0 saturated heterocycles. The van der Waals surface area contributed by atoms with Crippen LogP contribution in [0.2, 0.25) is 0 Å². The minimum absolute atomic E-state index is 0.0414. The van der Waals surface area contributed by atoms with Crippen molar-refractivity contribution in [1.29, 1.82) is 0 Å². The number of nitrogens with one attached hydrogen (secondary N) is 1. The lowest BCUT2D eigenvalue weighted by Crippen LogP contribution is -2.24. The Balaban J connectivity index is 2.07. The Kier molecular flexibility index (Phi) is 4.56. The van der Waals surface area contributed by atoms with E-state index < -0.39 is 0 Å². The predicted molar refractivity (Wildman–Crippen MR) is 77.6 cm³/mol. The maximum atomic E-state index is 12.2. The minimum atomic E-state index is -0.372. The fraction of sp³-hybridized carbons (Fsp3) is 0.375. The standard InChI is InChI=1S/C16H19NO3/c1-11-10-13(16(19)20-2)8-9-14(11)17-15(18)12-6-4-3-5-7-12/h3-4,8-10,12H,5-7H2,1-2H3,(H,17,18)/t12-/m0/s1. The number of allylic oxidation sites excluding steroid dienone is 2. The second-order valence-corrected chi connectivity index (χ2v) is 4.99. The number of hydrogen-bond acceptors (Lipinski definition) is 3. The lowest BCUT2D eigenvalue weighted by molar-refractivity contribution is -0.120. The number of aryl methyl sites for hydroxylation is 1. The molecule has 4 nitrogen and oxygen atoms in total. The summed E-state index contributed by atoms with van der Waals surface area (Å²) in [7, 11) is 1.35. The predicted octanol–water partition coefficient (Wildman–Crippen LogP) is 3.08. The van der Waals surface area contributed by atoms with Crippen molar-refractivity contribution < 1.29 is 14.3 Å². The molecule has 0 heterocycles. The van der Waals surface area contributed by atoms with Gasteiger partial charge < -0.3 is 10.1 Å². The van der Waals surface area contributed by atoms with Gasteiger partial charge in [0.1, 0.15) is 0 Å². The molecule has 106 valence electrons. The highest BCUT2D eigenvalue weighted by molar-refractivity contribution is 5.95. The van der Waals surface area contributed by atoms with Gasteiger partial charge >= 0.3 is 5.97 Å². The number of esters is 1. The molecule has 20 heavy (non-hydrogen) atoms. The van der Waals surface area contributed by atoms with E-state index in [2.05, 4.69) is 22.2 Å². The number of methoxy groups -OCH3 is 1. The van der Waals surface area contributed by atoms with E-state index in [9.17, 15) is 9.59 Å². The van der Waals surface area contributed by atoms with Crippen LogP contribution in [0.25, 0.3) is 0 Å². The fourth-order valence-corrected chi connectivity index (χ4v) is 2.32. The lowest BCUT2D eigenvalue weighted by Gasteiger charge is -2.18. The summed E-state index contributed by atoms with van der Waals surface area (Å²) in [6, 6.07) is 5.13. The smallest absolute Gasteiger partial charge is 0.337 e. The average molecular weight is 273 g/mol. The van der Waals surface area contributed by atoms with Gasteiger partial charge in [-0.25, -0.2) is 4.79 Å². The molecular weight excluding hydrogens is 254 g/mol.